The van der Waals surface area contributed by atoms with Crippen LogP contribution >= 0.6 is 46.4 Å². The number of rotatable bonds is 4. The molecule has 0 fully saturated rings. The van der Waals surface area contributed by atoms with Crippen molar-refractivity contribution in [1.82, 2.24) is 0 Å². The molecule has 0 N–H and O–H groups in total. The second-order valence-corrected chi connectivity index (χ2v) is 9.31. The third-order valence-corrected chi connectivity index (χ3v) is 6.49. The third-order valence-electron chi connectivity index (χ3n) is 4.32. The van der Waals surface area contributed by atoms with Crippen LogP contribution in [0.4, 0.5) is 11.4 Å². The van der Waals surface area contributed by atoms with Crippen molar-refractivity contribution in [3.63, 3.8) is 0 Å². The Morgan fingerprint density at radius 1 is 0.514 bits per heavy atom. The van der Waals surface area contributed by atoms with Gasteiger partial charge in [0, 0.05) is 23.8 Å². The molecule has 9 heteroatoms. The molecule has 0 aliphatic rings. The van der Waals surface area contributed by atoms with Crippen LogP contribution in [-0.4, -0.2) is 12.4 Å². The number of benzene rings is 4. The Kier molecular flexibility index (Phi) is 12.5. The molecule has 0 radical (unpaired) electrons. The minimum atomic E-state index is 0. The standard InChI is InChI=1S/2C13H9Cl2NS.Ni/c2*14-10-6-5-9(7-11(10)15)8-16-12-3-1-2-4-13(12)17;/h2*1-8,17H;/q;;+2/p-2. The van der Waals surface area contributed by atoms with Gasteiger partial charge in [-0.25, -0.2) is 0 Å². The average Bonchev–Trinajstić information content (AvgIpc) is 2.83. The summed E-state index contributed by atoms with van der Waals surface area (Å²) in [6.07, 6.45) is 3.43. The monoisotopic (exact) mass is 618 g/mol. The molecule has 0 bridgehead atoms. The van der Waals surface area contributed by atoms with Crippen molar-refractivity contribution in [2.75, 3.05) is 0 Å². The molecular weight excluding hydrogens is 605 g/mol. The first-order chi connectivity index (χ1) is 16.3. The SMILES string of the molecule is [Ni+2].[S-]c1ccccc1N=Cc1ccc(Cl)c(Cl)c1.[S-]c1ccccc1N=Cc1ccc(Cl)c(Cl)c1. The van der Waals surface area contributed by atoms with Gasteiger partial charge in [0.15, 0.2) is 0 Å². The molecule has 0 saturated carbocycles. The van der Waals surface area contributed by atoms with E-state index in [4.69, 9.17) is 71.7 Å². The molecule has 4 aromatic rings. The number of halogens is 4. The predicted molar refractivity (Wildman–Crippen MR) is 152 cm³/mol. The van der Waals surface area contributed by atoms with Gasteiger partial charge in [-0.15, -0.1) is 9.79 Å². The number of hydrogen-bond donors (Lipinski definition) is 0. The van der Waals surface area contributed by atoms with Crippen LogP contribution in [0.2, 0.25) is 20.1 Å². The topological polar surface area (TPSA) is 24.7 Å². The molecule has 0 amide bonds. The fraction of sp³-hybridized carbons (Fsp3) is 0. The quantitative estimate of drug-likeness (QED) is 0.129. The van der Waals surface area contributed by atoms with Crippen molar-refractivity contribution < 1.29 is 16.5 Å². The number of hydrogen-bond acceptors (Lipinski definition) is 4. The molecule has 0 spiro atoms. The van der Waals surface area contributed by atoms with Crippen molar-refractivity contribution >= 4 is 95.5 Å². The predicted octanol–water partition coefficient (Wildman–Crippen LogP) is 9.30. The summed E-state index contributed by atoms with van der Waals surface area (Å²) in [5.41, 5.74) is 3.32. The summed E-state index contributed by atoms with van der Waals surface area (Å²) < 4.78 is 0. The van der Waals surface area contributed by atoms with E-state index in [1.807, 2.05) is 60.7 Å². The average molecular weight is 621 g/mol. The van der Waals surface area contributed by atoms with E-state index >= 15 is 0 Å². The van der Waals surface area contributed by atoms with E-state index in [1.165, 1.54) is 0 Å². The van der Waals surface area contributed by atoms with Crippen LogP contribution < -0.4 is 0 Å². The minimum absolute atomic E-state index is 0. The van der Waals surface area contributed by atoms with Crippen LogP contribution in [-0.2, 0) is 41.7 Å². The summed E-state index contributed by atoms with van der Waals surface area (Å²) in [6, 6.07) is 25.7. The minimum Gasteiger partial charge on any atom is -0.778 e. The summed E-state index contributed by atoms with van der Waals surface area (Å²) in [5.74, 6) is 0. The van der Waals surface area contributed by atoms with E-state index in [1.54, 1.807) is 36.7 Å². The maximum absolute atomic E-state index is 5.91. The van der Waals surface area contributed by atoms with Crippen molar-refractivity contribution in [3.05, 3.63) is 116 Å². The van der Waals surface area contributed by atoms with E-state index in [-0.39, 0.29) is 16.5 Å². The molecular formula is C26H16Cl4N2NiS2. The normalized spacial score (nSPS) is 10.6. The van der Waals surface area contributed by atoms with Crippen LogP contribution in [0.1, 0.15) is 11.1 Å². The summed E-state index contributed by atoms with van der Waals surface area (Å²) in [4.78, 5) is 10.1. The van der Waals surface area contributed by atoms with Gasteiger partial charge in [-0.05, 0) is 47.5 Å². The maximum atomic E-state index is 5.91. The molecule has 35 heavy (non-hydrogen) atoms. The Bertz CT molecular complexity index is 1240. The Morgan fingerprint density at radius 3 is 1.23 bits per heavy atom. The first kappa shape index (κ1) is 29.5. The first-order valence-corrected chi connectivity index (χ1v) is 12.2. The van der Waals surface area contributed by atoms with E-state index in [0.29, 0.717) is 20.1 Å². The van der Waals surface area contributed by atoms with Gasteiger partial charge in [-0.3, -0.25) is 9.98 Å². The van der Waals surface area contributed by atoms with E-state index < -0.39 is 0 Å². The Morgan fingerprint density at radius 2 is 0.886 bits per heavy atom. The van der Waals surface area contributed by atoms with Gasteiger partial charge in [0.05, 0.1) is 20.1 Å². The zero-order valence-electron chi connectivity index (χ0n) is 17.8. The van der Waals surface area contributed by atoms with Gasteiger partial charge in [-0.1, -0.05) is 94.9 Å². The summed E-state index contributed by atoms with van der Waals surface area (Å²) in [5, 5.41) is 2.10. The summed E-state index contributed by atoms with van der Waals surface area (Å²) in [7, 11) is 0. The van der Waals surface area contributed by atoms with Crippen LogP contribution in [0.5, 0.6) is 0 Å². The zero-order chi connectivity index (χ0) is 24.5. The van der Waals surface area contributed by atoms with Gasteiger partial charge in [-0.2, -0.15) is 0 Å². The smallest absolute Gasteiger partial charge is 0.778 e. The van der Waals surface area contributed by atoms with Crippen molar-refractivity contribution in [2.24, 2.45) is 9.98 Å². The summed E-state index contributed by atoms with van der Waals surface area (Å²) in [6.45, 7) is 0. The van der Waals surface area contributed by atoms with Crippen molar-refractivity contribution in [1.29, 1.82) is 0 Å². The molecule has 0 atom stereocenters. The number of nitrogens with zero attached hydrogens (tertiary/aromatic N) is 2. The zero-order valence-corrected chi connectivity index (χ0v) is 23.4. The number of para-hydroxylation sites is 2. The Balaban J connectivity index is 0.000000240. The van der Waals surface area contributed by atoms with Gasteiger partial charge >= 0.3 is 16.5 Å². The second kappa shape index (κ2) is 14.8. The van der Waals surface area contributed by atoms with Crippen LogP contribution in [0.15, 0.2) is 105 Å². The Hall–Kier alpha value is -1.69. The van der Waals surface area contributed by atoms with E-state index in [2.05, 4.69) is 9.98 Å². The molecule has 0 aliphatic heterocycles. The van der Waals surface area contributed by atoms with Crippen LogP contribution in [0.25, 0.3) is 0 Å². The number of aliphatic imine (C=N–C) groups is 2. The molecule has 2 nitrogen and oxygen atoms in total. The Labute approximate surface area is 246 Å². The van der Waals surface area contributed by atoms with E-state index in [0.717, 1.165) is 32.3 Å². The largest absolute Gasteiger partial charge is 2.00 e. The summed E-state index contributed by atoms with van der Waals surface area (Å²) >= 11 is 33.8. The fourth-order valence-corrected chi connectivity index (χ4v) is 3.61. The van der Waals surface area contributed by atoms with Crippen LogP contribution in [0.3, 0.4) is 0 Å². The van der Waals surface area contributed by atoms with Gasteiger partial charge < -0.3 is 25.3 Å². The molecule has 4 rings (SSSR count). The first-order valence-electron chi connectivity index (χ1n) is 9.84. The molecule has 0 heterocycles. The van der Waals surface area contributed by atoms with Gasteiger partial charge in [0.25, 0.3) is 0 Å². The third kappa shape index (κ3) is 9.36. The second-order valence-electron chi connectivity index (χ2n) is 6.80. The van der Waals surface area contributed by atoms with Crippen LogP contribution in [0, 0.1) is 0 Å². The van der Waals surface area contributed by atoms with Gasteiger partial charge in [0.1, 0.15) is 0 Å². The molecule has 0 unspecified atom stereocenters. The molecule has 0 aliphatic carbocycles. The molecule has 180 valence electrons. The molecule has 0 saturated heterocycles. The maximum Gasteiger partial charge on any atom is 2.00 e. The van der Waals surface area contributed by atoms with Crippen molar-refractivity contribution in [3.8, 4) is 0 Å². The van der Waals surface area contributed by atoms with Gasteiger partial charge in [0.2, 0.25) is 0 Å². The fourth-order valence-electron chi connectivity index (χ4n) is 2.60. The van der Waals surface area contributed by atoms with Crippen molar-refractivity contribution in [2.45, 2.75) is 9.79 Å². The molecule has 4 aromatic carbocycles. The molecule has 0 aromatic heterocycles. The van der Waals surface area contributed by atoms with E-state index in [9.17, 15) is 0 Å².